The summed E-state index contributed by atoms with van der Waals surface area (Å²) in [5, 5.41) is 13.2. The second-order valence-electron chi connectivity index (χ2n) is 6.39. The molecule has 1 aliphatic heterocycles. The molecule has 1 aromatic heterocycles. The summed E-state index contributed by atoms with van der Waals surface area (Å²) in [4.78, 5) is 17.8. The number of hydrogen-bond acceptors (Lipinski definition) is 6. The Morgan fingerprint density at radius 1 is 1.15 bits per heavy atom. The van der Waals surface area contributed by atoms with Gasteiger partial charge in [-0.15, -0.1) is 0 Å². The number of benzene rings is 2. The highest BCUT2D eigenvalue weighted by Gasteiger charge is 2.29. The molecule has 1 saturated heterocycles. The topological polar surface area (TPSA) is 88.7 Å². The van der Waals surface area contributed by atoms with Crippen LogP contribution < -0.4 is 0 Å². The molecule has 0 saturated carbocycles. The summed E-state index contributed by atoms with van der Waals surface area (Å²) >= 11 is 0. The maximum Gasteiger partial charge on any atom is 0.335 e. The highest BCUT2D eigenvalue weighted by atomic mass is 16.5. The molecule has 7 nitrogen and oxygen atoms in total. The monoisotopic (exact) mass is 365 g/mol. The second kappa shape index (κ2) is 7.69. The number of aromatic carboxylic acids is 1. The minimum atomic E-state index is -0.925. The third-order valence-corrected chi connectivity index (χ3v) is 4.59. The summed E-state index contributed by atoms with van der Waals surface area (Å²) in [6.07, 6.45) is 0. The van der Waals surface area contributed by atoms with Crippen molar-refractivity contribution in [3.63, 3.8) is 0 Å². The predicted octanol–water partition coefficient (Wildman–Crippen LogP) is 3.01. The standard InChI is InChI=1S/C20H19N3O4/c24-20(25)16-8-6-14(7-9-16)12-23-10-11-26-13-17(23)18-21-19(27-22-18)15-4-2-1-3-5-15/h1-9,17H,10-13H2,(H,24,25). The average molecular weight is 365 g/mol. The maximum absolute atomic E-state index is 11.0. The van der Waals surface area contributed by atoms with Gasteiger partial charge in [-0.1, -0.05) is 35.5 Å². The van der Waals surface area contributed by atoms with E-state index in [1.165, 1.54) is 0 Å². The average Bonchev–Trinajstić information content (AvgIpc) is 3.19. The van der Waals surface area contributed by atoms with Gasteiger partial charge in [-0.25, -0.2) is 4.79 Å². The molecule has 1 N–H and O–H groups in total. The van der Waals surface area contributed by atoms with Gasteiger partial charge in [0.1, 0.15) is 0 Å². The maximum atomic E-state index is 11.0. The number of ether oxygens (including phenoxy) is 1. The van der Waals surface area contributed by atoms with E-state index in [4.69, 9.17) is 14.4 Å². The second-order valence-corrected chi connectivity index (χ2v) is 6.39. The van der Waals surface area contributed by atoms with E-state index in [0.29, 0.717) is 31.5 Å². The molecule has 4 rings (SSSR count). The number of rotatable bonds is 5. The highest BCUT2D eigenvalue weighted by molar-refractivity contribution is 5.87. The van der Waals surface area contributed by atoms with Crippen LogP contribution in [0.4, 0.5) is 0 Å². The van der Waals surface area contributed by atoms with Crippen LogP contribution in [0.15, 0.2) is 59.1 Å². The van der Waals surface area contributed by atoms with Gasteiger partial charge in [0.15, 0.2) is 5.82 Å². The zero-order valence-electron chi connectivity index (χ0n) is 14.6. The van der Waals surface area contributed by atoms with E-state index in [0.717, 1.165) is 17.7 Å². The first-order valence-electron chi connectivity index (χ1n) is 8.74. The number of carboxylic acid groups (broad SMARTS) is 1. The van der Waals surface area contributed by atoms with Crippen LogP contribution in [0, 0.1) is 0 Å². The lowest BCUT2D eigenvalue weighted by Gasteiger charge is -2.33. The van der Waals surface area contributed by atoms with Crippen molar-refractivity contribution >= 4 is 5.97 Å². The van der Waals surface area contributed by atoms with E-state index in [1.54, 1.807) is 12.1 Å². The van der Waals surface area contributed by atoms with Crippen molar-refractivity contribution in [1.29, 1.82) is 0 Å². The Bertz CT molecular complexity index is 908. The van der Waals surface area contributed by atoms with Gasteiger partial charge in [0, 0.05) is 18.7 Å². The lowest BCUT2D eigenvalue weighted by Crippen LogP contribution is -2.39. The summed E-state index contributed by atoms with van der Waals surface area (Å²) in [7, 11) is 0. The summed E-state index contributed by atoms with van der Waals surface area (Å²) in [5.74, 6) is 0.156. The Morgan fingerprint density at radius 2 is 1.93 bits per heavy atom. The van der Waals surface area contributed by atoms with E-state index in [1.807, 2.05) is 42.5 Å². The lowest BCUT2D eigenvalue weighted by atomic mass is 10.1. The molecule has 0 spiro atoms. The van der Waals surface area contributed by atoms with Gasteiger partial charge < -0.3 is 14.4 Å². The summed E-state index contributed by atoms with van der Waals surface area (Å²) < 4.78 is 11.1. The first-order chi connectivity index (χ1) is 13.2. The summed E-state index contributed by atoms with van der Waals surface area (Å²) in [6, 6.07) is 16.4. The van der Waals surface area contributed by atoms with Crippen LogP contribution in [-0.4, -0.2) is 45.9 Å². The largest absolute Gasteiger partial charge is 0.478 e. The first kappa shape index (κ1) is 17.4. The quantitative estimate of drug-likeness (QED) is 0.743. The molecular weight excluding hydrogens is 346 g/mol. The summed E-state index contributed by atoms with van der Waals surface area (Å²) in [6.45, 7) is 2.51. The van der Waals surface area contributed by atoms with Crippen LogP contribution in [0.5, 0.6) is 0 Å². The molecule has 2 heterocycles. The van der Waals surface area contributed by atoms with Crippen molar-refractivity contribution in [3.8, 4) is 11.5 Å². The fourth-order valence-corrected chi connectivity index (χ4v) is 3.12. The van der Waals surface area contributed by atoms with Crippen LogP contribution in [0.2, 0.25) is 0 Å². The van der Waals surface area contributed by atoms with Crippen molar-refractivity contribution in [1.82, 2.24) is 15.0 Å². The molecule has 1 fully saturated rings. The van der Waals surface area contributed by atoms with Gasteiger partial charge in [-0.3, -0.25) is 4.90 Å². The van der Waals surface area contributed by atoms with E-state index in [9.17, 15) is 4.79 Å². The molecule has 0 aliphatic carbocycles. The Labute approximate surface area is 156 Å². The van der Waals surface area contributed by atoms with Gasteiger partial charge >= 0.3 is 5.97 Å². The molecule has 2 aromatic carbocycles. The normalized spacial score (nSPS) is 17.7. The number of carboxylic acids is 1. The first-order valence-corrected chi connectivity index (χ1v) is 8.74. The SMILES string of the molecule is O=C(O)c1ccc(CN2CCOCC2c2noc(-c3ccccc3)n2)cc1. The summed E-state index contributed by atoms with van der Waals surface area (Å²) in [5.41, 5.74) is 2.19. The van der Waals surface area contributed by atoms with Crippen molar-refractivity contribution in [3.05, 3.63) is 71.5 Å². The van der Waals surface area contributed by atoms with E-state index in [-0.39, 0.29) is 11.6 Å². The Hall–Kier alpha value is -3.03. The van der Waals surface area contributed by atoms with E-state index >= 15 is 0 Å². The Balaban J connectivity index is 1.52. The molecule has 0 radical (unpaired) electrons. The molecule has 0 bridgehead atoms. The fraction of sp³-hybridized carbons (Fsp3) is 0.250. The zero-order chi connectivity index (χ0) is 18.6. The molecule has 0 amide bonds. The minimum absolute atomic E-state index is 0.112. The molecule has 7 heteroatoms. The Kier molecular flexibility index (Phi) is 4.95. The number of carbonyl (C=O) groups is 1. The fourth-order valence-electron chi connectivity index (χ4n) is 3.12. The van der Waals surface area contributed by atoms with E-state index < -0.39 is 5.97 Å². The highest BCUT2D eigenvalue weighted by Crippen LogP contribution is 2.26. The van der Waals surface area contributed by atoms with Gasteiger partial charge in [-0.2, -0.15) is 4.98 Å². The van der Waals surface area contributed by atoms with Crippen LogP contribution in [-0.2, 0) is 11.3 Å². The van der Waals surface area contributed by atoms with Gasteiger partial charge in [0.2, 0.25) is 0 Å². The van der Waals surface area contributed by atoms with Gasteiger partial charge in [0.25, 0.3) is 5.89 Å². The van der Waals surface area contributed by atoms with Crippen LogP contribution in [0.3, 0.4) is 0 Å². The smallest absolute Gasteiger partial charge is 0.335 e. The van der Waals surface area contributed by atoms with Gasteiger partial charge in [0.05, 0.1) is 24.8 Å². The molecule has 1 atom stereocenters. The molecule has 138 valence electrons. The van der Waals surface area contributed by atoms with E-state index in [2.05, 4.69) is 15.0 Å². The van der Waals surface area contributed by atoms with Crippen molar-refractivity contribution < 1.29 is 19.2 Å². The van der Waals surface area contributed by atoms with Crippen molar-refractivity contribution in [2.24, 2.45) is 0 Å². The minimum Gasteiger partial charge on any atom is -0.478 e. The van der Waals surface area contributed by atoms with Crippen LogP contribution in [0.25, 0.3) is 11.5 Å². The van der Waals surface area contributed by atoms with Gasteiger partial charge in [-0.05, 0) is 29.8 Å². The third-order valence-electron chi connectivity index (χ3n) is 4.59. The molecule has 3 aromatic rings. The van der Waals surface area contributed by atoms with Crippen LogP contribution in [0.1, 0.15) is 27.8 Å². The van der Waals surface area contributed by atoms with Crippen molar-refractivity contribution in [2.75, 3.05) is 19.8 Å². The Morgan fingerprint density at radius 3 is 2.67 bits per heavy atom. The number of morpholine rings is 1. The van der Waals surface area contributed by atoms with Crippen molar-refractivity contribution in [2.45, 2.75) is 12.6 Å². The molecule has 27 heavy (non-hydrogen) atoms. The molecular formula is C20H19N3O4. The number of nitrogens with zero attached hydrogens (tertiary/aromatic N) is 3. The molecule has 1 aliphatic rings. The predicted molar refractivity (Wildman–Crippen MR) is 97.1 cm³/mol. The molecule has 1 unspecified atom stereocenters. The number of hydrogen-bond donors (Lipinski definition) is 1. The third kappa shape index (κ3) is 3.89. The zero-order valence-corrected chi connectivity index (χ0v) is 14.6. The lowest BCUT2D eigenvalue weighted by molar-refractivity contribution is -0.0166. The number of aromatic nitrogens is 2. The van der Waals surface area contributed by atoms with Crippen LogP contribution >= 0.6 is 0 Å².